The lowest BCUT2D eigenvalue weighted by Gasteiger charge is -2.13. The highest BCUT2D eigenvalue weighted by Crippen LogP contribution is 2.28. The van der Waals surface area contributed by atoms with Gasteiger partial charge in [0.2, 0.25) is 0 Å². The largest absolute Gasteiger partial charge is 0.322 e. The second kappa shape index (κ2) is 8.11. The molecule has 1 N–H and O–H groups in total. The fourth-order valence-electron chi connectivity index (χ4n) is 3.92. The molecule has 0 bridgehead atoms. The minimum Gasteiger partial charge on any atom is -0.322 e. The van der Waals surface area contributed by atoms with Crippen molar-refractivity contribution in [2.75, 3.05) is 5.32 Å². The molecule has 32 heavy (non-hydrogen) atoms. The fourth-order valence-corrected chi connectivity index (χ4v) is 3.92. The molecule has 5 aromatic rings. The molecule has 3 heterocycles. The molecule has 0 spiro atoms. The Kier molecular flexibility index (Phi) is 4.99. The Bertz CT molecular complexity index is 1400. The van der Waals surface area contributed by atoms with Gasteiger partial charge in [-0.2, -0.15) is 10.2 Å². The molecule has 0 saturated heterocycles. The number of carbonyl (C=O) groups excluding carboxylic acids is 1. The third-order valence-electron chi connectivity index (χ3n) is 5.44. The van der Waals surface area contributed by atoms with Crippen molar-refractivity contribution in [1.82, 2.24) is 24.5 Å². The highest BCUT2D eigenvalue weighted by molar-refractivity contribution is 6.13. The lowest BCUT2D eigenvalue weighted by atomic mass is 10.0. The number of anilines is 1. The standard InChI is InChI=1S/C25H22N6O/c1-17-23-20(15-22(18-9-4-3-5-10-18)27-24(23)30(2)29-17)25(32)28-21-12-7-6-11-19(21)16-31-14-8-13-26-31/h3-15H,16H2,1-2H3,(H,28,32). The summed E-state index contributed by atoms with van der Waals surface area (Å²) in [5.41, 5.74) is 5.40. The molecule has 7 heteroatoms. The van der Waals surface area contributed by atoms with Crippen LogP contribution in [-0.2, 0) is 13.6 Å². The van der Waals surface area contributed by atoms with Crippen molar-refractivity contribution in [1.29, 1.82) is 0 Å². The minimum atomic E-state index is -0.196. The Morgan fingerprint density at radius 1 is 1.03 bits per heavy atom. The van der Waals surface area contributed by atoms with Crippen LogP contribution in [-0.4, -0.2) is 30.5 Å². The normalized spacial score (nSPS) is 11.1. The van der Waals surface area contributed by atoms with E-state index in [1.165, 1.54) is 0 Å². The van der Waals surface area contributed by atoms with Crippen LogP contribution >= 0.6 is 0 Å². The highest BCUT2D eigenvalue weighted by atomic mass is 16.1. The number of pyridine rings is 1. The zero-order chi connectivity index (χ0) is 22.1. The average molecular weight is 422 g/mol. The number of aryl methyl sites for hydroxylation is 2. The molecular weight excluding hydrogens is 400 g/mol. The van der Waals surface area contributed by atoms with E-state index in [1.54, 1.807) is 10.9 Å². The Hall–Kier alpha value is -4.26. The van der Waals surface area contributed by atoms with Crippen LogP contribution in [0.15, 0.2) is 79.1 Å². The molecule has 0 aliphatic heterocycles. The molecule has 2 aromatic carbocycles. The second-order valence-electron chi connectivity index (χ2n) is 7.64. The number of nitrogens with zero attached hydrogens (tertiary/aromatic N) is 5. The molecule has 1 amide bonds. The number of benzene rings is 2. The van der Waals surface area contributed by atoms with Crippen molar-refractivity contribution in [2.45, 2.75) is 13.5 Å². The number of para-hydroxylation sites is 1. The van der Waals surface area contributed by atoms with E-state index in [-0.39, 0.29) is 5.91 Å². The van der Waals surface area contributed by atoms with Crippen LogP contribution in [0, 0.1) is 6.92 Å². The summed E-state index contributed by atoms with van der Waals surface area (Å²) in [5.74, 6) is -0.196. The van der Waals surface area contributed by atoms with Crippen LogP contribution < -0.4 is 5.32 Å². The summed E-state index contributed by atoms with van der Waals surface area (Å²) in [4.78, 5) is 18.3. The van der Waals surface area contributed by atoms with Crippen LogP contribution in [0.5, 0.6) is 0 Å². The predicted octanol–water partition coefficient (Wildman–Crippen LogP) is 4.44. The number of nitrogens with one attached hydrogen (secondary N) is 1. The van der Waals surface area contributed by atoms with Gasteiger partial charge in [-0.3, -0.25) is 14.2 Å². The number of fused-ring (bicyclic) bond motifs is 1. The lowest BCUT2D eigenvalue weighted by Crippen LogP contribution is -2.15. The Morgan fingerprint density at radius 2 is 1.81 bits per heavy atom. The number of hydrogen-bond donors (Lipinski definition) is 1. The van der Waals surface area contributed by atoms with Gasteiger partial charge in [0.1, 0.15) is 0 Å². The first-order valence-electron chi connectivity index (χ1n) is 10.4. The Morgan fingerprint density at radius 3 is 2.59 bits per heavy atom. The van der Waals surface area contributed by atoms with E-state index in [1.807, 2.05) is 91.6 Å². The van der Waals surface area contributed by atoms with Crippen molar-refractivity contribution in [3.05, 3.63) is 95.9 Å². The van der Waals surface area contributed by atoms with E-state index in [0.717, 1.165) is 33.6 Å². The summed E-state index contributed by atoms with van der Waals surface area (Å²) in [6.45, 7) is 2.46. The van der Waals surface area contributed by atoms with Crippen LogP contribution in [0.3, 0.4) is 0 Å². The minimum absolute atomic E-state index is 0.196. The monoisotopic (exact) mass is 422 g/mol. The summed E-state index contributed by atoms with van der Waals surface area (Å²) in [6, 6.07) is 21.3. The summed E-state index contributed by atoms with van der Waals surface area (Å²) in [5, 5.41) is 12.6. The number of aromatic nitrogens is 5. The van der Waals surface area contributed by atoms with E-state index >= 15 is 0 Å². The van der Waals surface area contributed by atoms with Gasteiger partial charge in [-0.05, 0) is 30.7 Å². The Labute approximate surface area is 185 Å². The number of carbonyl (C=O) groups is 1. The van der Waals surface area contributed by atoms with Gasteiger partial charge in [-0.25, -0.2) is 4.98 Å². The first-order valence-corrected chi connectivity index (χ1v) is 10.4. The zero-order valence-corrected chi connectivity index (χ0v) is 17.9. The molecule has 0 saturated carbocycles. The highest BCUT2D eigenvalue weighted by Gasteiger charge is 2.20. The number of amides is 1. The molecule has 3 aromatic heterocycles. The van der Waals surface area contributed by atoms with Crippen molar-refractivity contribution in [3.8, 4) is 11.3 Å². The third kappa shape index (κ3) is 3.65. The van der Waals surface area contributed by atoms with E-state index in [4.69, 9.17) is 4.98 Å². The van der Waals surface area contributed by atoms with E-state index in [2.05, 4.69) is 15.5 Å². The first kappa shape index (κ1) is 19.7. The van der Waals surface area contributed by atoms with Gasteiger partial charge in [-0.15, -0.1) is 0 Å². The summed E-state index contributed by atoms with van der Waals surface area (Å²) < 4.78 is 3.55. The maximum absolute atomic E-state index is 13.5. The van der Waals surface area contributed by atoms with Gasteiger partial charge in [-0.1, -0.05) is 48.5 Å². The SMILES string of the molecule is Cc1nn(C)c2nc(-c3ccccc3)cc(C(=O)Nc3ccccc3Cn3cccn3)c12. The second-order valence-corrected chi connectivity index (χ2v) is 7.64. The van der Waals surface area contributed by atoms with Crippen LogP contribution in [0.1, 0.15) is 21.6 Å². The van der Waals surface area contributed by atoms with Gasteiger partial charge in [0.05, 0.1) is 28.9 Å². The van der Waals surface area contributed by atoms with Crippen LogP contribution in [0.25, 0.3) is 22.3 Å². The van der Waals surface area contributed by atoms with E-state index in [0.29, 0.717) is 17.8 Å². The maximum atomic E-state index is 13.5. The molecule has 0 radical (unpaired) electrons. The number of rotatable bonds is 5. The molecule has 5 rings (SSSR count). The molecule has 158 valence electrons. The van der Waals surface area contributed by atoms with Gasteiger partial charge < -0.3 is 5.32 Å². The zero-order valence-electron chi connectivity index (χ0n) is 17.9. The average Bonchev–Trinajstić information content (AvgIpc) is 3.42. The van der Waals surface area contributed by atoms with Crippen molar-refractivity contribution < 1.29 is 4.79 Å². The van der Waals surface area contributed by atoms with Gasteiger partial charge >= 0.3 is 0 Å². The van der Waals surface area contributed by atoms with Crippen molar-refractivity contribution >= 4 is 22.6 Å². The fraction of sp³-hybridized carbons (Fsp3) is 0.120. The van der Waals surface area contributed by atoms with Gasteiger partial charge in [0, 0.05) is 30.7 Å². The third-order valence-corrected chi connectivity index (χ3v) is 5.44. The molecule has 0 unspecified atom stereocenters. The first-order chi connectivity index (χ1) is 15.6. The van der Waals surface area contributed by atoms with E-state index < -0.39 is 0 Å². The van der Waals surface area contributed by atoms with Crippen LogP contribution in [0.2, 0.25) is 0 Å². The molecule has 0 fully saturated rings. The van der Waals surface area contributed by atoms with Gasteiger partial charge in [0.15, 0.2) is 5.65 Å². The predicted molar refractivity (Wildman–Crippen MR) is 124 cm³/mol. The van der Waals surface area contributed by atoms with Gasteiger partial charge in [0.25, 0.3) is 5.91 Å². The molecule has 0 aliphatic rings. The number of hydrogen-bond acceptors (Lipinski definition) is 4. The molecule has 0 aliphatic carbocycles. The topological polar surface area (TPSA) is 77.6 Å². The smallest absolute Gasteiger partial charge is 0.256 e. The molecule has 7 nitrogen and oxygen atoms in total. The van der Waals surface area contributed by atoms with Crippen molar-refractivity contribution in [2.24, 2.45) is 7.05 Å². The lowest BCUT2D eigenvalue weighted by molar-refractivity contribution is 0.102. The van der Waals surface area contributed by atoms with Crippen LogP contribution in [0.4, 0.5) is 5.69 Å². The van der Waals surface area contributed by atoms with E-state index in [9.17, 15) is 4.79 Å². The summed E-state index contributed by atoms with van der Waals surface area (Å²) in [6.07, 6.45) is 3.64. The van der Waals surface area contributed by atoms with Crippen molar-refractivity contribution in [3.63, 3.8) is 0 Å². The maximum Gasteiger partial charge on any atom is 0.256 e. The summed E-state index contributed by atoms with van der Waals surface area (Å²) in [7, 11) is 1.85. The quantitative estimate of drug-likeness (QED) is 0.454. The molecule has 0 atom stereocenters. The summed E-state index contributed by atoms with van der Waals surface area (Å²) >= 11 is 0. The Balaban J connectivity index is 1.57. The molecular formula is C25H22N6O.